The smallest absolute Gasteiger partial charge is 0.0540 e. The van der Waals surface area contributed by atoms with Crippen LogP contribution in [0.15, 0.2) is 176 Å². The third-order valence-corrected chi connectivity index (χ3v) is 10.2. The first-order chi connectivity index (χ1) is 22.8. The molecule has 0 unspecified atom stereocenters. The lowest BCUT2D eigenvalue weighted by Crippen LogP contribution is -2.10. The van der Waals surface area contributed by atoms with E-state index in [1.807, 2.05) is 11.3 Å². The summed E-state index contributed by atoms with van der Waals surface area (Å²) in [4.78, 5) is 2.40. The molecule has 0 bridgehead atoms. The molecule has 46 heavy (non-hydrogen) atoms. The van der Waals surface area contributed by atoms with Crippen LogP contribution < -0.4 is 4.90 Å². The summed E-state index contributed by atoms with van der Waals surface area (Å²) in [5.74, 6) is 0. The molecular weight excluding hydrogens is 575 g/mol. The van der Waals surface area contributed by atoms with Crippen LogP contribution in [0.1, 0.15) is 0 Å². The quantitative estimate of drug-likeness (QED) is 0.189. The van der Waals surface area contributed by atoms with E-state index in [4.69, 9.17) is 0 Å². The molecule has 0 aliphatic carbocycles. The van der Waals surface area contributed by atoms with Crippen LogP contribution in [0.4, 0.5) is 17.1 Å². The molecule has 0 saturated carbocycles. The first kappa shape index (κ1) is 26.7. The first-order valence-electron chi connectivity index (χ1n) is 15.7. The lowest BCUT2D eigenvalue weighted by atomic mass is 9.97. The van der Waals surface area contributed by atoms with Gasteiger partial charge in [-0.25, -0.2) is 0 Å². The van der Waals surface area contributed by atoms with Crippen molar-refractivity contribution in [3.63, 3.8) is 0 Å². The van der Waals surface area contributed by atoms with Crippen molar-refractivity contribution in [1.82, 2.24) is 0 Å². The molecule has 0 saturated heterocycles. The number of thiophene rings is 1. The van der Waals surface area contributed by atoms with E-state index < -0.39 is 0 Å². The topological polar surface area (TPSA) is 3.24 Å². The summed E-state index contributed by atoms with van der Waals surface area (Å²) in [6.07, 6.45) is 0. The Morgan fingerprint density at radius 3 is 1.83 bits per heavy atom. The van der Waals surface area contributed by atoms with Gasteiger partial charge in [-0.2, -0.15) is 0 Å². The highest BCUT2D eigenvalue weighted by Crippen LogP contribution is 2.42. The van der Waals surface area contributed by atoms with Gasteiger partial charge in [-0.05, 0) is 80.9 Å². The highest BCUT2D eigenvalue weighted by atomic mass is 32.1. The second-order valence-electron chi connectivity index (χ2n) is 11.8. The van der Waals surface area contributed by atoms with Gasteiger partial charge in [0.05, 0.1) is 5.69 Å². The van der Waals surface area contributed by atoms with Crippen molar-refractivity contribution in [3.8, 4) is 22.3 Å². The molecule has 9 aromatic rings. The third-order valence-electron chi connectivity index (χ3n) is 9.05. The Hall–Kier alpha value is -5.70. The van der Waals surface area contributed by atoms with Crippen LogP contribution in [-0.4, -0.2) is 0 Å². The monoisotopic (exact) mass is 603 g/mol. The number of fused-ring (bicyclic) bond motifs is 5. The van der Waals surface area contributed by atoms with Crippen molar-refractivity contribution >= 4 is 70.1 Å². The molecule has 0 aliphatic rings. The van der Waals surface area contributed by atoms with Gasteiger partial charge in [-0.3, -0.25) is 0 Å². The Labute approximate surface area is 272 Å². The maximum atomic E-state index is 2.40. The predicted octanol–water partition coefficient (Wildman–Crippen LogP) is 13.2. The minimum Gasteiger partial charge on any atom is -0.310 e. The molecule has 1 heterocycles. The maximum Gasteiger partial charge on any atom is 0.0540 e. The third kappa shape index (κ3) is 4.54. The number of hydrogen-bond donors (Lipinski definition) is 0. The normalized spacial score (nSPS) is 11.5. The fourth-order valence-corrected chi connectivity index (χ4v) is 7.97. The van der Waals surface area contributed by atoms with Crippen molar-refractivity contribution in [2.75, 3.05) is 4.90 Å². The molecule has 0 N–H and O–H groups in total. The predicted molar refractivity (Wildman–Crippen MR) is 200 cm³/mol. The average molecular weight is 604 g/mol. The second kappa shape index (κ2) is 11.0. The minimum absolute atomic E-state index is 1.12. The highest BCUT2D eigenvalue weighted by molar-refractivity contribution is 7.25. The molecule has 0 atom stereocenters. The standard InChI is InChI=1S/C44H29NS/c1-3-16-37-31(10-1)12-8-19-38(37)34-14-7-15-36(28-34)45(42-20-9-13-32-11-2-4-17-39(32)42)35-25-22-30(23-26-35)33-24-27-41-40-18-5-6-21-43(40)46-44(41)29-33/h1-29H. The number of rotatable bonds is 5. The highest BCUT2D eigenvalue weighted by Gasteiger charge is 2.17. The molecule has 0 fully saturated rings. The second-order valence-corrected chi connectivity index (χ2v) is 12.9. The molecule has 216 valence electrons. The Morgan fingerprint density at radius 1 is 0.348 bits per heavy atom. The summed E-state index contributed by atoms with van der Waals surface area (Å²) < 4.78 is 2.66. The summed E-state index contributed by atoms with van der Waals surface area (Å²) in [7, 11) is 0. The van der Waals surface area contributed by atoms with Crippen LogP contribution in [-0.2, 0) is 0 Å². The largest absolute Gasteiger partial charge is 0.310 e. The number of benzene rings is 8. The van der Waals surface area contributed by atoms with Gasteiger partial charge in [0.2, 0.25) is 0 Å². The van der Waals surface area contributed by atoms with Gasteiger partial charge in [-0.1, -0.05) is 133 Å². The van der Waals surface area contributed by atoms with Gasteiger partial charge < -0.3 is 4.90 Å². The molecule has 0 aliphatic heterocycles. The number of nitrogens with zero attached hydrogens (tertiary/aromatic N) is 1. The van der Waals surface area contributed by atoms with Crippen molar-refractivity contribution in [3.05, 3.63) is 176 Å². The maximum absolute atomic E-state index is 2.40. The van der Waals surface area contributed by atoms with Gasteiger partial charge in [0, 0.05) is 36.9 Å². The van der Waals surface area contributed by atoms with Crippen molar-refractivity contribution in [2.24, 2.45) is 0 Å². The van der Waals surface area contributed by atoms with Crippen molar-refractivity contribution in [1.29, 1.82) is 0 Å². The summed E-state index contributed by atoms with van der Waals surface area (Å²) in [5.41, 5.74) is 8.30. The zero-order chi connectivity index (χ0) is 30.5. The Bertz CT molecular complexity index is 2530. The van der Waals surface area contributed by atoms with Crippen LogP contribution in [0.5, 0.6) is 0 Å². The Kier molecular flexibility index (Phi) is 6.40. The molecule has 0 radical (unpaired) electrons. The van der Waals surface area contributed by atoms with Gasteiger partial charge in [0.25, 0.3) is 0 Å². The van der Waals surface area contributed by atoms with E-state index in [0.717, 1.165) is 17.1 Å². The zero-order valence-electron chi connectivity index (χ0n) is 25.1. The SMILES string of the molecule is c1cc(-c2cccc3ccccc23)cc(N(c2ccc(-c3ccc4c(c3)sc3ccccc34)cc2)c2cccc3ccccc23)c1. The summed E-state index contributed by atoms with van der Waals surface area (Å²) in [5, 5.41) is 7.62. The van der Waals surface area contributed by atoms with Gasteiger partial charge in [-0.15, -0.1) is 11.3 Å². The summed E-state index contributed by atoms with van der Waals surface area (Å²) in [6.45, 7) is 0. The molecule has 2 heteroatoms. The summed E-state index contributed by atoms with van der Waals surface area (Å²) >= 11 is 1.87. The average Bonchev–Trinajstić information content (AvgIpc) is 3.50. The number of anilines is 3. The van der Waals surface area contributed by atoms with E-state index in [1.54, 1.807) is 0 Å². The van der Waals surface area contributed by atoms with Crippen molar-refractivity contribution in [2.45, 2.75) is 0 Å². The van der Waals surface area contributed by atoms with Crippen LogP contribution in [0.25, 0.3) is 64.0 Å². The van der Waals surface area contributed by atoms with Crippen LogP contribution in [0.2, 0.25) is 0 Å². The van der Waals surface area contributed by atoms with Gasteiger partial charge in [0.15, 0.2) is 0 Å². The molecule has 0 amide bonds. The van der Waals surface area contributed by atoms with Crippen LogP contribution >= 0.6 is 11.3 Å². The fourth-order valence-electron chi connectivity index (χ4n) is 6.83. The van der Waals surface area contributed by atoms with Crippen molar-refractivity contribution < 1.29 is 0 Å². The lowest BCUT2D eigenvalue weighted by molar-refractivity contribution is 1.30. The van der Waals surface area contributed by atoms with E-state index in [-0.39, 0.29) is 0 Å². The Balaban J connectivity index is 1.17. The van der Waals surface area contributed by atoms with Gasteiger partial charge in [0.1, 0.15) is 0 Å². The first-order valence-corrected chi connectivity index (χ1v) is 16.5. The van der Waals surface area contributed by atoms with E-state index >= 15 is 0 Å². The molecule has 0 spiro atoms. The Morgan fingerprint density at radius 2 is 0.978 bits per heavy atom. The molecule has 9 rings (SSSR count). The summed E-state index contributed by atoms with van der Waals surface area (Å²) in [6, 6.07) is 64.0. The van der Waals surface area contributed by atoms with E-state index in [1.165, 1.54) is 64.0 Å². The molecule has 8 aromatic carbocycles. The van der Waals surface area contributed by atoms with Gasteiger partial charge >= 0.3 is 0 Å². The minimum atomic E-state index is 1.12. The van der Waals surface area contributed by atoms with Crippen LogP contribution in [0.3, 0.4) is 0 Å². The van der Waals surface area contributed by atoms with Crippen LogP contribution in [0, 0.1) is 0 Å². The van der Waals surface area contributed by atoms with E-state index in [2.05, 4.69) is 181 Å². The molecular formula is C44H29NS. The number of hydrogen-bond acceptors (Lipinski definition) is 2. The molecule has 1 aromatic heterocycles. The molecule has 1 nitrogen and oxygen atoms in total. The lowest BCUT2D eigenvalue weighted by Gasteiger charge is -2.27. The zero-order valence-corrected chi connectivity index (χ0v) is 25.9. The van der Waals surface area contributed by atoms with E-state index in [0.29, 0.717) is 0 Å². The van der Waals surface area contributed by atoms with E-state index in [9.17, 15) is 0 Å². The fraction of sp³-hybridized carbons (Fsp3) is 0.